The van der Waals surface area contributed by atoms with E-state index in [9.17, 15) is 4.39 Å². The molecule has 2 heteroatoms. The molecular weight excluding hydrogens is 127 g/mol. The van der Waals surface area contributed by atoms with Crippen molar-refractivity contribution < 1.29 is 4.39 Å². The summed E-state index contributed by atoms with van der Waals surface area (Å²) in [7, 11) is 0. The van der Waals surface area contributed by atoms with Gasteiger partial charge in [0.2, 0.25) is 0 Å². The van der Waals surface area contributed by atoms with Gasteiger partial charge >= 0.3 is 0 Å². The van der Waals surface area contributed by atoms with Crippen LogP contribution in [0.2, 0.25) is 0 Å². The fourth-order valence-corrected chi connectivity index (χ4v) is 1.15. The quantitative estimate of drug-likeness (QED) is 0.447. The lowest BCUT2D eigenvalue weighted by atomic mass is 10.1. The summed E-state index contributed by atoms with van der Waals surface area (Å²) in [5, 5.41) is -0.0370. The van der Waals surface area contributed by atoms with Crippen LogP contribution in [-0.2, 0) is 0 Å². The van der Waals surface area contributed by atoms with Crippen LogP contribution in [0.5, 0.6) is 0 Å². The van der Waals surface area contributed by atoms with Crippen molar-refractivity contribution in [1.82, 2.24) is 0 Å². The van der Waals surface area contributed by atoms with E-state index in [4.69, 9.17) is 11.6 Å². The molecule has 47 valence electrons. The minimum absolute atomic E-state index is 0.0247. The second kappa shape index (κ2) is 2.22. The van der Waals surface area contributed by atoms with Gasteiger partial charge in [0.25, 0.3) is 0 Å². The Morgan fingerprint density at radius 1 is 1.75 bits per heavy atom. The van der Waals surface area contributed by atoms with E-state index in [1.54, 1.807) is 0 Å². The normalized spacial score (nSPS) is 47.6. The molecule has 0 bridgehead atoms. The standard InChI is InChI=1S/C6H9ClF/c1-4-5(7)2-3-6(4)8/h2,4-6H,3H2,1H3. The smallest absolute Gasteiger partial charge is 0.104 e. The van der Waals surface area contributed by atoms with Crippen LogP contribution in [0.1, 0.15) is 13.3 Å². The maximum atomic E-state index is 12.5. The Kier molecular flexibility index (Phi) is 1.76. The van der Waals surface area contributed by atoms with Gasteiger partial charge in [-0.3, -0.25) is 0 Å². The van der Waals surface area contributed by atoms with Crippen molar-refractivity contribution >= 4 is 11.6 Å². The first-order valence-corrected chi connectivity index (χ1v) is 3.27. The van der Waals surface area contributed by atoms with Crippen LogP contribution in [0.3, 0.4) is 0 Å². The Morgan fingerprint density at radius 2 is 2.38 bits per heavy atom. The first-order chi connectivity index (χ1) is 3.72. The molecule has 1 aliphatic carbocycles. The van der Waals surface area contributed by atoms with E-state index in [0.29, 0.717) is 6.42 Å². The maximum Gasteiger partial charge on any atom is 0.104 e. The van der Waals surface area contributed by atoms with Gasteiger partial charge in [0, 0.05) is 11.3 Å². The molecule has 0 aliphatic heterocycles. The van der Waals surface area contributed by atoms with Crippen molar-refractivity contribution in [3.63, 3.8) is 0 Å². The summed E-state index contributed by atoms with van der Waals surface area (Å²) in [6.45, 7) is 1.84. The van der Waals surface area contributed by atoms with Crippen molar-refractivity contribution in [3.05, 3.63) is 6.42 Å². The van der Waals surface area contributed by atoms with E-state index in [0.717, 1.165) is 0 Å². The molecule has 1 saturated carbocycles. The molecule has 1 fully saturated rings. The monoisotopic (exact) mass is 135 g/mol. The highest BCUT2D eigenvalue weighted by atomic mass is 35.5. The average molecular weight is 136 g/mol. The van der Waals surface area contributed by atoms with E-state index >= 15 is 0 Å². The van der Waals surface area contributed by atoms with Gasteiger partial charge in [-0.15, -0.1) is 11.6 Å². The minimum Gasteiger partial charge on any atom is -0.247 e. The van der Waals surface area contributed by atoms with Crippen LogP contribution in [0.4, 0.5) is 4.39 Å². The molecule has 0 nitrogen and oxygen atoms in total. The molecule has 1 aliphatic rings. The Bertz CT molecular complexity index is 74.6. The molecule has 0 aromatic heterocycles. The van der Waals surface area contributed by atoms with Crippen LogP contribution >= 0.6 is 11.6 Å². The van der Waals surface area contributed by atoms with Gasteiger partial charge < -0.3 is 0 Å². The fraction of sp³-hybridized carbons (Fsp3) is 0.833. The predicted octanol–water partition coefficient (Wildman–Crippen LogP) is 2.18. The van der Waals surface area contributed by atoms with Gasteiger partial charge in [-0.2, -0.15) is 0 Å². The molecule has 1 radical (unpaired) electrons. The van der Waals surface area contributed by atoms with Crippen LogP contribution in [-0.4, -0.2) is 11.5 Å². The fourth-order valence-electron chi connectivity index (χ4n) is 0.889. The van der Waals surface area contributed by atoms with Gasteiger partial charge in [-0.1, -0.05) is 6.92 Å². The largest absolute Gasteiger partial charge is 0.247 e. The lowest BCUT2D eigenvalue weighted by Gasteiger charge is -2.06. The predicted molar refractivity (Wildman–Crippen MR) is 32.6 cm³/mol. The summed E-state index contributed by atoms with van der Waals surface area (Å²) in [5.41, 5.74) is 0. The van der Waals surface area contributed by atoms with Crippen LogP contribution in [0.25, 0.3) is 0 Å². The van der Waals surface area contributed by atoms with E-state index in [1.807, 2.05) is 13.3 Å². The zero-order valence-electron chi connectivity index (χ0n) is 4.77. The number of halogens is 2. The first-order valence-electron chi connectivity index (χ1n) is 2.83. The van der Waals surface area contributed by atoms with E-state index in [1.165, 1.54) is 0 Å². The molecule has 3 unspecified atom stereocenters. The molecule has 8 heavy (non-hydrogen) atoms. The summed E-state index contributed by atoms with van der Waals surface area (Å²) in [6, 6.07) is 0. The van der Waals surface area contributed by atoms with E-state index in [2.05, 4.69) is 0 Å². The molecule has 0 heterocycles. The summed E-state index contributed by atoms with van der Waals surface area (Å²) >= 11 is 5.66. The van der Waals surface area contributed by atoms with Gasteiger partial charge in [-0.25, -0.2) is 4.39 Å². The lowest BCUT2D eigenvalue weighted by molar-refractivity contribution is 0.280. The van der Waals surface area contributed by atoms with E-state index < -0.39 is 6.17 Å². The Hall–Kier alpha value is 0.220. The topological polar surface area (TPSA) is 0 Å². The summed E-state index contributed by atoms with van der Waals surface area (Å²) < 4.78 is 12.5. The molecule has 0 N–H and O–H groups in total. The van der Waals surface area contributed by atoms with Crippen molar-refractivity contribution in [1.29, 1.82) is 0 Å². The molecular formula is C6H9ClF. The van der Waals surface area contributed by atoms with Gasteiger partial charge in [0.15, 0.2) is 0 Å². The lowest BCUT2D eigenvalue weighted by Crippen LogP contribution is -2.10. The molecule has 0 spiro atoms. The summed E-state index contributed by atoms with van der Waals surface area (Å²) in [5.74, 6) is 0.0247. The maximum absolute atomic E-state index is 12.5. The molecule has 0 aromatic carbocycles. The molecule has 3 atom stereocenters. The summed E-state index contributed by atoms with van der Waals surface area (Å²) in [6.07, 6.45) is 1.67. The van der Waals surface area contributed by atoms with Crippen molar-refractivity contribution in [2.45, 2.75) is 24.9 Å². The molecule has 1 rings (SSSR count). The molecule has 0 saturated heterocycles. The Morgan fingerprint density at radius 3 is 2.50 bits per heavy atom. The number of rotatable bonds is 0. The van der Waals surface area contributed by atoms with Crippen LogP contribution in [0.15, 0.2) is 0 Å². The van der Waals surface area contributed by atoms with Crippen LogP contribution < -0.4 is 0 Å². The summed E-state index contributed by atoms with van der Waals surface area (Å²) in [4.78, 5) is 0. The van der Waals surface area contributed by atoms with Crippen molar-refractivity contribution in [3.8, 4) is 0 Å². The third-order valence-corrected chi connectivity index (χ3v) is 2.23. The second-order valence-electron chi connectivity index (χ2n) is 2.29. The highest BCUT2D eigenvalue weighted by Crippen LogP contribution is 2.31. The Labute approximate surface area is 54.0 Å². The second-order valence-corrected chi connectivity index (χ2v) is 2.79. The van der Waals surface area contributed by atoms with Crippen molar-refractivity contribution in [2.75, 3.05) is 0 Å². The highest BCUT2D eigenvalue weighted by Gasteiger charge is 2.31. The number of alkyl halides is 2. The van der Waals surface area contributed by atoms with Gasteiger partial charge in [0.05, 0.1) is 0 Å². The molecule has 0 amide bonds. The third kappa shape index (κ3) is 0.970. The minimum atomic E-state index is -0.697. The van der Waals surface area contributed by atoms with E-state index in [-0.39, 0.29) is 11.3 Å². The number of hydrogen-bond acceptors (Lipinski definition) is 0. The zero-order valence-corrected chi connectivity index (χ0v) is 5.53. The van der Waals surface area contributed by atoms with Crippen LogP contribution in [0, 0.1) is 12.3 Å². The average Bonchev–Trinajstić information content (AvgIpc) is 1.98. The van der Waals surface area contributed by atoms with Gasteiger partial charge in [-0.05, 0) is 12.8 Å². The highest BCUT2D eigenvalue weighted by molar-refractivity contribution is 6.21. The van der Waals surface area contributed by atoms with Gasteiger partial charge in [0.1, 0.15) is 6.17 Å². The third-order valence-electron chi connectivity index (χ3n) is 1.66. The molecule has 0 aromatic rings. The first kappa shape index (κ1) is 6.34. The number of hydrogen-bond donors (Lipinski definition) is 0. The zero-order chi connectivity index (χ0) is 6.15. The Balaban J connectivity index is 2.44. The SMILES string of the molecule is CC1C(Cl)[CH]CC1F. The van der Waals surface area contributed by atoms with Crippen molar-refractivity contribution in [2.24, 2.45) is 5.92 Å².